The van der Waals surface area contributed by atoms with E-state index in [1.54, 1.807) is 7.11 Å². The Morgan fingerprint density at radius 1 is 1.18 bits per heavy atom. The fourth-order valence-corrected chi connectivity index (χ4v) is 3.30. The van der Waals surface area contributed by atoms with Gasteiger partial charge in [0.2, 0.25) is 5.91 Å². The molecule has 2 amide bonds. The zero-order valence-corrected chi connectivity index (χ0v) is 13.4. The molecule has 1 aliphatic carbocycles. The number of rotatable bonds is 4. The van der Waals surface area contributed by atoms with Crippen LogP contribution in [0.5, 0.6) is 5.75 Å². The second-order valence-corrected chi connectivity index (χ2v) is 6.02. The topological polar surface area (TPSA) is 81.4 Å². The number of amides is 2. The minimum Gasteiger partial charge on any atom is -0.496 e. The van der Waals surface area contributed by atoms with E-state index >= 15 is 0 Å². The first-order valence-electron chi connectivity index (χ1n) is 7.69. The van der Waals surface area contributed by atoms with Crippen molar-refractivity contribution in [3.63, 3.8) is 0 Å². The van der Waals surface area contributed by atoms with Crippen molar-refractivity contribution in [1.82, 2.24) is 5.32 Å². The molecule has 120 valence electrons. The van der Waals surface area contributed by atoms with Crippen LogP contribution in [0.4, 0.5) is 0 Å². The highest BCUT2D eigenvalue weighted by Crippen LogP contribution is 2.26. The maximum Gasteiger partial charge on any atom is 0.251 e. The molecule has 2 rings (SSSR count). The van der Waals surface area contributed by atoms with Gasteiger partial charge in [-0.1, -0.05) is 12.8 Å². The smallest absolute Gasteiger partial charge is 0.251 e. The fraction of sp³-hybridized carbons (Fsp3) is 0.529. The number of benzene rings is 1. The third-order valence-corrected chi connectivity index (χ3v) is 4.37. The number of primary amides is 1. The maximum absolute atomic E-state index is 12.5. The number of hydrogen-bond acceptors (Lipinski definition) is 3. The number of carbonyl (C=O) groups is 2. The molecule has 1 aromatic carbocycles. The molecule has 1 saturated carbocycles. The van der Waals surface area contributed by atoms with E-state index < -0.39 is 0 Å². The van der Waals surface area contributed by atoms with Crippen LogP contribution in [0.1, 0.15) is 47.2 Å². The monoisotopic (exact) mass is 304 g/mol. The van der Waals surface area contributed by atoms with Crippen LogP contribution < -0.4 is 15.8 Å². The molecule has 0 radical (unpaired) electrons. The van der Waals surface area contributed by atoms with Crippen LogP contribution in [0.15, 0.2) is 12.1 Å². The Hall–Kier alpha value is -2.04. The molecule has 1 fully saturated rings. The van der Waals surface area contributed by atoms with Crippen LogP contribution in [-0.2, 0) is 4.79 Å². The van der Waals surface area contributed by atoms with Gasteiger partial charge in [-0.05, 0) is 49.9 Å². The summed E-state index contributed by atoms with van der Waals surface area (Å²) < 4.78 is 5.32. The summed E-state index contributed by atoms with van der Waals surface area (Å²) in [5.41, 5.74) is 7.88. The first-order chi connectivity index (χ1) is 10.4. The van der Waals surface area contributed by atoms with E-state index in [4.69, 9.17) is 10.5 Å². The summed E-state index contributed by atoms with van der Waals surface area (Å²) in [4.78, 5) is 24.0. The van der Waals surface area contributed by atoms with Crippen molar-refractivity contribution < 1.29 is 14.3 Å². The summed E-state index contributed by atoms with van der Waals surface area (Å²) in [5, 5.41) is 2.98. The van der Waals surface area contributed by atoms with Gasteiger partial charge in [-0.25, -0.2) is 0 Å². The van der Waals surface area contributed by atoms with Crippen LogP contribution in [0, 0.1) is 19.8 Å². The van der Waals surface area contributed by atoms with E-state index in [0.717, 1.165) is 42.6 Å². The maximum atomic E-state index is 12.5. The van der Waals surface area contributed by atoms with Crippen molar-refractivity contribution in [2.24, 2.45) is 11.7 Å². The second kappa shape index (κ2) is 6.81. The third-order valence-electron chi connectivity index (χ3n) is 4.37. The van der Waals surface area contributed by atoms with Gasteiger partial charge in [-0.3, -0.25) is 9.59 Å². The highest BCUT2D eigenvalue weighted by molar-refractivity contribution is 5.95. The Labute approximate surface area is 131 Å². The molecule has 0 aromatic heterocycles. The van der Waals surface area contributed by atoms with Gasteiger partial charge in [0.25, 0.3) is 5.91 Å². The van der Waals surface area contributed by atoms with Crippen molar-refractivity contribution in [2.75, 3.05) is 7.11 Å². The Morgan fingerprint density at radius 2 is 1.77 bits per heavy atom. The molecule has 2 atom stereocenters. The molecule has 0 heterocycles. The SMILES string of the molecule is COc1c(C)cc(C(=O)N[C@@H]2CCCC[C@@H]2C(N)=O)cc1C. The average molecular weight is 304 g/mol. The Kier molecular flexibility index (Phi) is 5.06. The van der Waals surface area contributed by atoms with Crippen LogP contribution in [0.2, 0.25) is 0 Å². The number of methoxy groups -OCH3 is 1. The predicted molar refractivity (Wildman–Crippen MR) is 84.9 cm³/mol. The van der Waals surface area contributed by atoms with Gasteiger partial charge in [0.1, 0.15) is 5.75 Å². The molecule has 1 aromatic rings. The van der Waals surface area contributed by atoms with Crippen LogP contribution in [-0.4, -0.2) is 25.0 Å². The summed E-state index contributed by atoms with van der Waals surface area (Å²) in [6.45, 7) is 3.82. The highest BCUT2D eigenvalue weighted by Gasteiger charge is 2.30. The number of hydrogen-bond donors (Lipinski definition) is 2. The first-order valence-corrected chi connectivity index (χ1v) is 7.69. The lowest BCUT2D eigenvalue weighted by atomic mass is 9.84. The number of carbonyl (C=O) groups excluding carboxylic acids is 2. The summed E-state index contributed by atoms with van der Waals surface area (Å²) in [7, 11) is 1.62. The van der Waals surface area contributed by atoms with Crippen LogP contribution >= 0.6 is 0 Å². The van der Waals surface area contributed by atoms with Gasteiger partial charge in [-0.2, -0.15) is 0 Å². The van der Waals surface area contributed by atoms with E-state index in [2.05, 4.69) is 5.32 Å². The number of nitrogens with one attached hydrogen (secondary N) is 1. The largest absolute Gasteiger partial charge is 0.496 e. The molecule has 0 unspecified atom stereocenters. The van der Waals surface area contributed by atoms with Crippen molar-refractivity contribution >= 4 is 11.8 Å². The number of nitrogens with two attached hydrogens (primary N) is 1. The van der Waals surface area contributed by atoms with E-state index in [1.807, 2.05) is 26.0 Å². The van der Waals surface area contributed by atoms with Gasteiger partial charge in [-0.15, -0.1) is 0 Å². The number of aryl methyl sites for hydroxylation is 2. The molecule has 5 heteroatoms. The van der Waals surface area contributed by atoms with Crippen LogP contribution in [0.25, 0.3) is 0 Å². The van der Waals surface area contributed by atoms with E-state index in [-0.39, 0.29) is 23.8 Å². The molecule has 1 aliphatic rings. The zero-order chi connectivity index (χ0) is 16.3. The van der Waals surface area contributed by atoms with Crippen molar-refractivity contribution in [2.45, 2.75) is 45.6 Å². The van der Waals surface area contributed by atoms with E-state index in [1.165, 1.54) is 0 Å². The van der Waals surface area contributed by atoms with Crippen molar-refractivity contribution in [3.8, 4) is 5.75 Å². The minimum absolute atomic E-state index is 0.160. The summed E-state index contributed by atoms with van der Waals surface area (Å²) in [5.74, 6) is 0.0430. The fourth-order valence-electron chi connectivity index (χ4n) is 3.30. The minimum atomic E-state index is -0.327. The van der Waals surface area contributed by atoms with Gasteiger partial charge in [0.15, 0.2) is 0 Å². The molecular weight excluding hydrogens is 280 g/mol. The second-order valence-electron chi connectivity index (χ2n) is 6.02. The molecule has 3 N–H and O–H groups in total. The molecule has 0 bridgehead atoms. The summed E-state index contributed by atoms with van der Waals surface area (Å²) >= 11 is 0. The molecule has 0 aliphatic heterocycles. The van der Waals surface area contributed by atoms with E-state index in [9.17, 15) is 9.59 Å². The lowest BCUT2D eigenvalue weighted by molar-refractivity contribution is -0.123. The third kappa shape index (κ3) is 3.40. The van der Waals surface area contributed by atoms with Gasteiger partial charge in [0.05, 0.1) is 13.0 Å². The predicted octanol–water partition coefficient (Wildman–Crippen LogP) is 2.09. The van der Waals surface area contributed by atoms with E-state index in [0.29, 0.717) is 5.56 Å². The molecule has 0 spiro atoms. The standard InChI is InChI=1S/C17H24N2O3/c1-10-8-12(9-11(2)15(10)22-3)17(21)19-14-7-5-4-6-13(14)16(18)20/h8-9,13-14H,4-7H2,1-3H3,(H2,18,20)(H,19,21)/t13-,14+/m0/s1. The van der Waals surface area contributed by atoms with Gasteiger partial charge < -0.3 is 15.8 Å². The van der Waals surface area contributed by atoms with Gasteiger partial charge in [0, 0.05) is 11.6 Å². The molecule has 5 nitrogen and oxygen atoms in total. The average Bonchev–Trinajstić information content (AvgIpc) is 2.47. The lowest BCUT2D eigenvalue weighted by Gasteiger charge is -2.30. The Morgan fingerprint density at radius 3 is 2.32 bits per heavy atom. The zero-order valence-electron chi connectivity index (χ0n) is 13.4. The van der Waals surface area contributed by atoms with Crippen molar-refractivity contribution in [3.05, 3.63) is 28.8 Å². The summed E-state index contributed by atoms with van der Waals surface area (Å²) in [6.07, 6.45) is 3.55. The number of ether oxygens (including phenoxy) is 1. The van der Waals surface area contributed by atoms with Crippen LogP contribution in [0.3, 0.4) is 0 Å². The Balaban J connectivity index is 2.16. The normalized spacial score (nSPS) is 21.2. The molecular formula is C17H24N2O3. The highest BCUT2D eigenvalue weighted by atomic mass is 16.5. The Bertz CT molecular complexity index is 560. The summed E-state index contributed by atoms with van der Waals surface area (Å²) in [6, 6.07) is 3.45. The molecule has 0 saturated heterocycles. The first kappa shape index (κ1) is 16.3. The molecule has 22 heavy (non-hydrogen) atoms. The lowest BCUT2D eigenvalue weighted by Crippen LogP contribution is -2.47. The van der Waals surface area contributed by atoms with Crippen molar-refractivity contribution in [1.29, 1.82) is 0 Å². The quantitative estimate of drug-likeness (QED) is 0.893. The van der Waals surface area contributed by atoms with Gasteiger partial charge >= 0.3 is 0 Å².